The van der Waals surface area contributed by atoms with Crippen LogP contribution in [0.1, 0.15) is 31.5 Å². The zero-order chi connectivity index (χ0) is 12.5. The number of piperidine rings is 1. The molecule has 0 N–H and O–H groups in total. The Bertz CT molecular complexity index is 551. The Morgan fingerprint density at radius 2 is 2.39 bits per heavy atom. The molecule has 18 heavy (non-hydrogen) atoms. The number of likely N-dealkylation sites (tertiary alicyclic amines) is 1. The maximum Gasteiger partial charge on any atom is 0.174 e. The van der Waals surface area contributed by atoms with Gasteiger partial charge in [0.2, 0.25) is 0 Å². The summed E-state index contributed by atoms with van der Waals surface area (Å²) >= 11 is 6.13. The van der Waals surface area contributed by atoms with E-state index in [1.54, 1.807) is 4.52 Å². The van der Waals surface area contributed by atoms with E-state index in [1.165, 1.54) is 19.4 Å². The Labute approximate surface area is 112 Å². The van der Waals surface area contributed by atoms with Crippen molar-refractivity contribution in [3.8, 4) is 0 Å². The molecular formula is C13H17ClN4. The number of hydrogen-bond donors (Lipinski definition) is 0. The van der Waals surface area contributed by atoms with E-state index in [4.69, 9.17) is 11.6 Å². The summed E-state index contributed by atoms with van der Waals surface area (Å²) in [5.74, 6) is 1.37. The SMILES string of the molecule is CCN1CCCC(c2nc3c(Cl)cccn3n2)C1. The lowest BCUT2D eigenvalue weighted by molar-refractivity contribution is 0.214. The van der Waals surface area contributed by atoms with Gasteiger partial charge in [0, 0.05) is 18.7 Å². The normalized spacial score (nSPS) is 21.6. The van der Waals surface area contributed by atoms with Crippen LogP contribution in [0.3, 0.4) is 0 Å². The fourth-order valence-electron chi connectivity index (χ4n) is 2.62. The third kappa shape index (κ3) is 2.10. The van der Waals surface area contributed by atoms with Crippen molar-refractivity contribution in [3.05, 3.63) is 29.2 Å². The highest BCUT2D eigenvalue weighted by Gasteiger charge is 2.24. The molecule has 0 saturated carbocycles. The monoisotopic (exact) mass is 264 g/mol. The number of likely N-dealkylation sites (N-methyl/N-ethyl adjacent to an activating group) is 1. The second-order valence-corrected chi connectivity index (χ2v) is 5.23. The van der Waals surface area contributed by atoms with Gasteiger partial charge in [0.25, 0.3) is 0 Å². The molecular weight excluding hydrogens is 248 g/mol. The third-order valence-electron chi connectivity index (χ3n) is 3.65. The Morgan fingerprint density at radius 1 is 1.50 bits per heavy atom. The van der Waals surface area contributed by atoms with E-state index in [1.807, 2.05) is 18.3 Å². The van der Waals surface area contributed by atoms with Crippen molar-refractivity contribution >= 4 is 17.2 Å². The molecule has 0 aromatic carbocycles. The van der Waals surface area contributed by atoms with Gasteiger partial charge in [-0.05, 0) is 38.1 Å². The molecule has 0 spiro atoms. The van der Waals surface area contributed by atoms with Crippen LogP contribution in [0.25, 0.3) is 5.65 Å². The van der Waals surface area contributed by atoms with Crippen molar-refractivity contribution in [1.82, 2.24) is 19.5 Å². The van der Waals surface area contributed by atoms with E-state index < -0.39 is 0 Å². The molecule has 2 aromatic rings. The molecule has 1 aliphatic heterocycles. The molecule has 0 bridgehead atoms. The molecule has 1 fully saturated rings. The zero-order valence-electron chi connectivity index (χ0n) is 10.5. The molecule has 3 rings (SSSR count). The molecule has 1 atom stereocenters. The second kappa shape index (κ2) is 4.86. The molecule has 5 heteroatoms. The fourth-order valence-corrected chi connectivity index (χ4v) is 2.82. The summed E-state index contributed by atoms with van der Waals surface area (Å²) in [6, 6.07) is 3.75. The van der Waals surface area contributed by atoms with E-state index >= 15 is 0 Å². The lowest BCUT2D eigenvalue weighted by Gasteiger charge is -2.30. The number of pyridine rings is 1. The minimum absolute atomic E-state index is 0.440. The average molecular weight is 265 g/mol. The molecule has 4 nitrogen and oxygen atoms in total. The lowest BCUT2D eigenvalue weighted by Crippen LogP contribution is -2.34. The van der Waals surface area contributed by atoms with E-state index in [0.717, 1.165) is 24.6 Å². The number of fused-ring (bicyclic) bond motifs is 1. The molecule has 2 aromatic heterocycles. The van der Waals surface area contributed by atoms with Crippen LogP contribution in [0.2, 0.25) is 5.02 Å². The predicted octanol–water partition coefficient (Wildman–Crippen LogP) is 2.58. The molecule has 1 aliphatic rings. The maximum atomic E-state index is 6.13. The maximum absolute atomic E-state index is 6.13. The summed E-state index contributed by atoms with van der Waals surface area (Å²) in [5.41, 5.74) is 0.766. The highest BCUT2D eigenvalue weighted by molar-refractivity contribution is 6.33. The average Bonchev–Trinajstić information content (AvgIpc) is 2.84. The Kier molecular flexibility index (Phi) is 3.22. The first-order chi connectivity index (χ1) is 8.78. The molecule has 3 heterocycles. The van der Waals surface area contributed by atoms with Gasteiger partial charge >= 0.3 is 0 Å². The van der Waals surface area contributed by atoms with Gasteiger partial charge in [0.15, 0.2) is 11.5 Å². The van der Waals surface area contributed by atoms with Crippen LogP contribution in [0.5, 0.6) is 0 Å². The first-order valence-corrected chi connectivity index (χ1v) is 6.89. The minimum atomic E-state index is 0.440. The van der Waals surface area contributed by atoms with E-state index in [-0.39, 0.29) is 0 Å². The van der Waals surface area contributed by atoms with Crippen molar-refractivity contribution in [1.29, 1.82) is 0 Å². The van der Waals surface area contributed by atoms with Gasteiger partial charge < -0.3 is 4.90 Å². The van der Waals surface area contributed by atoms with Gasteiger partial charge in [0.1, 0.15) is 0 Å². The number of hydrogen-bond acceptors (Lipinski definition) is 3. The van der Waals surface area contributed by atoms with Crippen LogP contribution in [-0.2, 0) is 0 Å². The second-order valence-electron chi connectivity index (χ2n) is 4.83. The van der Waals surface area contributed by atoms with Crippen molar-refractivity contribution in [2.45, 2.75) is 25.7 Å². The summed E-state index contributed by atoms with van der Waals surface area (Å²) in [4.78, 5) is 7.06. The molecule has 1 unspecified atom stereocenters. The Morgan fingerprint density at radius 3 is 3.17 bits per heavy atom. The molecule has 0 aliphatic carbocycles. The summed E-state index contributed by atoms with van der Waals surface area (Å²) < 4.78 is 1.78. The highest BCUT2D eigenvalue weighted by Crippen LogP contribution is 2.26. The van der Waals surface area contributed by atoms with Crippen LogP contribution in [0.15, 0.2) is 18.3 Å². The number of halogens is 1. The quantitative estimate of drug-likeness (QED) is 0.836. The Balaban J connectivity index is 1.92. The molecule has 96 valence electrons. The first kappa shape index (κ1) is 11.9. The summed E-state index contributed by atoms with van der Waals surface area (Å²) in [6.45, 7) is 5.56. The third-order valence-corrected chi connectivity index (χ3v) is 3.94. The van der Waals surface area contributed by atoms with Crippen LogP contribution in [0.4, 0.5) is 0 Å². The van der Waals surface area contributed by atoms with Crippen LogP contribution >= 0.6 is 11.6 Å². The largest absolute Gasteiger partial charge is 0.303 e. The number of rotatable bonds is 2. The van der Waals surface area contributed by atoms with Crippen LogP contribution < -0.4 is 0 Å². The van der Waals surface area contributed by atoms with Gasteiger partial charge in [0.05, 0.1) is 5.02 Å². The molecule has 1 saturated heterocycles. The van der Waals surface area contributed by atoms with E-state index in [9.17, 15) is 0 Å². The highest BCUT2D eigenvalue weighted by atomic mass is 35.5. The first-order valence-electron chi connectivity index (χ1n) is 6.51. The van der Waals surface area contributed by atoms with Gasteiger partial charge in [-0.1, -0.05) is 18.5 Å². The van der Waals surface area contributed by atoms with Gasteiger partial charge in [-0.15, -0.1) is 0 Å². The lowest BCUT2D eigenvalue weighted by atomic mass is 9.97. The van der Waals surface area contributed by atoms with Crippen molar-refractivity contribution in [3.63, 3.8) is 0 Å². The standard InChI is InChI=1S/C13H17ClN4/c1-2-17-7-3-5-10(9-17)12-15-13-11(14)6-4-8-18(13)16-12/h4,6,8,10H,2-3,5,7,9H2,1H3. The number of aromatic nitrogens is 3. The minimum Gasteiger partial charge on any atom is -0.303 e. The zero-order valence-corrected chi connectivity index (χ0v) is 11.3. The van der Waals surface area contributed by atoms with Crippen LogP contribution in [-0.4, -0.2) is 39.1 Å². The van der Waals surface area contributed by atoms with Crippen molar-refractivity contribution in [2.75, 3.05) is 19.6 Å². The smallest absolute Gasteiger partial charge is 0.174 e. The Hall–Kier alpha value is -1.13. The van der Waals surface area contributed by atoms with Gasteiger partial charge in [-0.25, -0.2) is 9.50 Å². The van der Waals surface area contributed by atoms with E-state index in [2.05, 4.69) is 21.9 Å². The summed E-state index contributed by atoms with van der Waals surface area (Å²) in [6.07, 6.45) is 4.30. The van der Waals surface area contributed by atoms with Crippen LogP contribution in [0, 0.1) is 0 Å². The number of nitrogens with zero attached hydrogens (tertiary/aromatic N) is 4. The summed E-state index contributed by atoms with van der Waals surface area (Å²) in [7, 11) is 0. The van der Waals surface area contributed by atoms with E-state index in [0.29, 0.717) is 10.9 Å². The van der Waals surface area contributed by atoms with Crippen molar-refractivity contribution < 1.29 is 0 Å². The predicted molar refractivity (Wildman–Crippen MR) is 72.1 cm³/mol. The summed E-state index contributed by atoms with van der Waals surface area (Å²) in [5, 5.41) is 5.23. The van der Waals surface area contributed by atoms with Gasteiger partial charge in [-0.3, -0.25) is 0 Å². The molecule has 0 amide bonds. The fraction of sp³-hybridized carbons (Fsp3) is 0.538. The molecule has 0 radical (unpaired) electrons. The van der Waals surface area contributed by atoms with Gasteiger partial charge in [-0.2, -0.15) is 5.10 Å². The van der Waals surface area contributed by atoms with Crippen molar-refractivity contribution in [2.24, 2.45) is 0 Å². The topological polar surface area (TPSA) is 33.4 Å².